The van der Waals surface area contributed by atoms with Crippen LogP contribution in [0.2, 0.25) is 0 Å². The summed E-state index contributed by atoms with van der Waals surface area (Å²) in [5.41, 5.74) is 3.05. The second-order valence-electron chi connectivity index (χ2n) is 4.76. The van der Waals surface area contributed by atoms with Gasteiger partial charge in [0.1, 0.15) is 18.1 Å². The van der Waals surface area contributed by atoms with Crippen LogP contribution in [0.3, 0.4) is 0 Å². The highest BCUT2D eigenvalue weighted by atomic mass is 79.9. The van der Waals surface area contributed by atoms with Gasteiger partial charge in [-0.1, -0.05) is 12.1 Å². The number of hydrogen-bond donors (Lipinski definition) is 1. The van der Waals surface area contributed by atoms with Gasteiger partial charge in [-0.15, -0.1) is 0 Å². The lowest BCUT2D eigenvalue weighted by atomic mass is 10.2. The summed E-state index contributed by atoms with van der Waals surface area (Å²) in [7, 11) is 0. The highest BCUT2D eigenvalue weighted by Gasteiger charge is 2.13. The summed E-state index contributed by atoms with van der Waals surface area (Å²) in [5.74, 6) is 1.58. The first-order valence-corrected chi connectivity index (χ1v) is 8.34. The third-order valence-corrected chi connectivity index (χ3v) is 4.36. The van der Waals surface area contributed by atoms with E-state index >= 15 is 0 Å². The zero-order valence-corrected chi connectivity index (χ0v) is 15.5. The predicted molar refractivity (Wildman–Crippen MR) is 89.5 cm³/mol. The Bertz CT molecular complexity index is 584. The molecule has 0 atom stereocenters. The molecule has 2 rings (SSSR count). The van der Waals surface area contributed by atoms with Crippen LogP contribution in [0.15, 0.2) is 25.6 Å². The molecular weight excluding hydrogens is 400 g/mol. The molecule has 1 aromatic heterocycles. The van der Waals surface area contributed by atoms with Crippen LogP contribution in [0.1, 0.15) is 29.5 Å². The van der Waals surface area contributed by atoms with E-state index in [9.17, 15) is 0 Å². The molecule has 114 valence electrons. The fourth-order valence-electron chi connectivity index (χ4n) is 1.97. The Morgan fingerprint density at radius 1 is 1.24 bits per heavy atom. The van der Waals surface area contributed by atoms with Crippen LogP contribution >= 0.6 is 31.9 Å². The number of benzene rings is 1. The Kier molecular flexibility index (Phi) is 5.84. The summed E-state index contributed by atoms with van der Waals surface area (Å²) in [5, 5.41) is 7.24. The smallest absolute Gasteiger partial charge is 0.148 e. The van der Waals surface area contributed by atoms with Crippen molar-refractivity contribution >= 4 is 31.9 Å². The van der Waals surface area contributed by atoms with E-state index in [1.807, 2.05) is 13.8 Å². The first-order chi connectivity index (χ1) is 10.0. The van der Waals surface area contributed by atoms with Crippen molar-refractivity contribution in [2.24, 2.45) is 0 Å². The largest absolute Gasteiger partial charge is 0.486 e. The maximum Gasteiger partial charge on any atom is 0.148 e. The standard InChI is InChI=1S/C15H18Br2N2O2/c1-4-18-7-11-5-13(16)15(14(17)6-11)20-8-12-9(2)19-21-10(12)3/h5-6,18H,4,7-8H2,1-3H3. The lowest BCUT2D eigenvalue weighted by Crippen LogP contribution is -2.11. The summed E-state index contributed by atoms with van der Waals surface area (Å²) in [6, 6.07) is 4.13. The molecule has 0 saturated heterocycles. The van der Waals surface area contributed by atoms with E-state index in [2.05, 4.69) is 61.4 Å². The van der Waals surface area contributed by atoms with Gasteiger partial charge in [0.25, 0.3) is 0 Å². The molecule has 0 aliphatic carbocycles. The molecule has 0 amide bonds. The monoisotopic (exact) mass is 416 g/mol. The zero-order valence-electron chi connectivity index (χ0n) is 12.3. The summed E-state index contributed by atoms with van der Waals surface area (Å²) < 4.78 is 12.9. The molecule has 6 heteroatoms. The van der Waals surface area contributed by atoms with Crippen molar-refractivity contribution in [2.45, 2.75) is 33.9 Å². The Balaban J connectivity index is 2.13. The van der Waals surface area contributed by atoms with Gasteiger partial charge in [0.05, 0.1) is 20.2 Å². The quantitative estimate of drug-likeness (QED) is 0.751. The van der Waals surface area contributed by atoms with Crippen molar-refractivity contribution in [1.82, 2.24) is 10.5 Å². The number of ether oxygens (including phenoxy) is 1. The van der Waals surface area contributed by atoms with Crippen molar-refractivity contribution in [3.05, 3.63) is 43.7 Å². The molecule has 0 spiro atoms. The lowest BCUT2D eigenvalue weighted by Gasteiger charge is -2.12. The van der Waals surface area contributed by atoms with Gasteiger partial charge in [-0.3, -0.25) is 0 Å². The first-order valence-electron chi connectivity index (χ1n) is 6.76. The second-order valence-corrected chi connectivity index (χ2v) is 6.47. The van der Waals surface area contributed by atoms with Gasteiger partial charge in [0.2, 0.25) is 0 Å². The fourth-order valence-corrected chi connectivity index (χ4v) is 3.48. The van der Waals surface area contributed by atoms with E-state index in [4.69, 9.17) is 9.26 Å². The fraction of sp³-hybridized carbons (Fsp3) is 0.400. The number of hydrogen-bond acceptors (Lipinski definition) is 4. The summed E-state index contributed by atoms with van der Waals surface area (Å²) >= 11 is 7.14. The van der Waals surface area contributed by atoms with Gasteiger partial charge in [-0.2, -0.15) is 0 Å². The van der Waals surface area contributed by atoms with E-state index in [1.54, 1.807) is 0 Å². The average Bonchev–Trinajstić information content (AvgIpc) is 2.75. The Labute approximate surface area is 141 Å². The van der Waals surface area contributed by atoms with Crippen molar-refractivity contribution in [1.29, 1.82) is 0 Å². The maximum atomic E-state index is 5.92. The molecule has 0 unspecified atom stereocenters. The van der Waals surface area contributed by atoms with E-state index in [0.717, 1.165) is 44.8 Å². The Morgan fingerprint density at radius 2 is 1.90 bits per heavy atom. The molecule has 0 aliphatic rings. The molecule has 0 fully saturated rings. The van der Waals surface area contributed by atoms with Gasteiger partial charge in [0.15, 0.2) is 0 Å². The molecule has 0 bridgehead atoms. The van der Waals surface area contributed by atoms with Crippen molar-refractivity contribution in [3.8, 4) is 5.75 Å². The molecule has 1 aromatic carbocycles. The SMILES string of the molecule is CCNCc1cc(Br)c(OCc2c(C)noc2C)c(Br)c1. The number of halogens is 2. The van der Waals surface area contributed by atoms with E-state index in [0.29, 0.717) is 6.61 Å². The highest BCUT2D eigenvalue weighted by molar-refractivity contribution is 9.11. The van der Waals surface area contributed by atoms with Crippen LogP contribution in [0.5, 0.6) is 5.75 Å². The minimum Gasteiger partial charge on any atom is -0.486 e. The number of rotatable bonds is 6. The molecule has 1 N–H and O–H groups in total. The molecule has 0 aliphatic heterocycles. The summed E-state index contributed by atoms with van der Waals surface area (Å²) in [6.07, 6.45) is 0. The van der Waals surface area contributed by atoms with Gasteiger partial charge >= 0.3 is 0 Å². The molecule has 21 heavy (non-hydrogen) atoms. The summed E-state index contributed by atoms with van der Waals surface area (Å²) in [4.78, 5) is 0. The molecule has 0 saturated carbocycles. The molecule has 2 aromatic rings. The van der Waals surface area contributed by atoms with Crippen LogP contribution in [0.4, 0.5) is 0 Å². The van der Waals surface area contributed by atoms with Crippen molar-refractivity contribution in [3.63, 3.8) is 0 Å². The van der Waals surface area contributed by atoms with E-state index < -0.39 is 0 Å². The minimum absolute atomic E-state index is 0.435. The second kappa shape index (κ2) is 7.42. The molecule has 4 nitrogen and oxygen atoms in total. The highest BCUT2D eigenvalue weighted by Crippen LogP contribution is 2.35. The predicted octanol–water partition coefficient (Wildman–Crippen LogP) is 4.50. The molecule has 1 heterocycles. The van der Waals surface area contributed by atoms with Gasteiger partial charge in [-0.25, -0.2) is 0 Å². The van der Waals surface area contributed by atoms with Crippen LogP contribution in [0.25, 0.3) is 0 Å². The molecule has 0 radical (unpaired) electrons. The third kappa shape index (κ3) is 4.08. The number of nitrogens with zero attached hydrogens (tertiary/aromatic N) is 1. The Hall–Kier alpha value is -0.850. The van der Waals surface area contributed by atoms with Gasteiger partial charge < -0.3 is 14.6 Å². The first kappa shape index (κ1) is 16.5. The van der Waals surface area contributed by atoms with Crippen LogP contribution in [-0.4, -0.2) is 11.7 Å². The number of aromatic nitrogens is 1. The average molecular weight is 418 g/mol. The van der Waals surface area contributed by atoms with E-state index in [1.165, 1.54) is 5.56 Å². The van der Waals surface area contributed by atoms with Crippen LogP contribution in [0, 0.1) is 13.8 Å². The lowest BCUT2D eigenvalue weighted by molar-refractivity contribution is 0.298. The third-order valence-electron chi connectivity index (χ3n) is 3.18. The van der Waals surface area contributed by atoms with Crippen molar-refractivity contribution < 1.29 is 9.26 Å². The van der Waals surface area contributed by atoms with Crippen LogP contribution in [-0.2, 0) is 13.2 Å². The van der Waals surface area contributed by atoms with Gasteiger partial charge in [-0.05, 0) is 69.9 Å². The van der Waals surface area contributed by atoms with Gasteiger partial charge in [0, 0.05) is 6.54 Å². The number of aryl methyl sites for hydroxylation is 2. The normalized spacial score (nSPS) is 10.9. The number of nitrogens with one attached hydrogen (secondary N) is 1. The Morgan fingerprint density at radius 3 is 2.43 bits per heavy atom. The minimum atomic E-state index is 0.435. The topological polar surface area (TPSA) is 47.3 Å². The molecular formula is C15H18Br2N2O2. The van der Waals surface area contributed by atoms with Crippen LogP contribution < -0.4 is 10.1 Å². The summed E-state index contributed by atoms with van der Waals surface area (Å²) in [6.45, 7) is 8.11. The van der Waals surface area contributed by atoms with E-state index in [-0.39, 0.29) is 0 Å². The maximum absolute atomic E-state index is 5.92. The van der Waals surface area contributed by atoms with Crippen molar-refractivity contribution in [2.75, 3.05) is 6.54 Å². The zero-order chi connectivity index (χ0) is 15.4.